The molecule has 1 saturated heterocycles. The van der Waals surface area contributed by atoms with Gasteiger partial charge in [0.15, 0.2) is 12.8 Å². The maximum absolute atomic E-state index is 13.9. The fourth-order valence-corrected chi connectivity index (χ4v) is 3.97. The Balaban J connectivity index is 1.58. The van der Waals surface area contributed by atoms with Gasteiger partial charge < -0.3 is 20.1 Å². The Morgan fingerprint density at radius 2 is 2.00 bits per heavy atom. The van der Waals surface area contributed by atoms with Gasteiger partial charge in [-0.2, -0.15) is 0 Å². The second kappa shape index (κ2) is 10.3. The Morgan fingerprint density at radius 3 is 2.76 bits per heavy atom. The van der Waals surface area contributed by atoms with Crippen molar-refractivity contribution in [1.29, 1.82) is 0 Å². The number of rotatable bonds is 7. The molecule has 2 heterocycles. The summed E-state index contributed by atoms with van der Waals surface area (Å²) in [4.78, 5) is 7.37. The number of likely N-dealkylation sites (tertiary alicyclic amines) is 1. The van der Waals surface area contributed by atoms with Crippen LogP contribution in [0.3, 0.4) is 0 Å². The summed E-state index contributed by atoms with van der Waals surface area (Å²) in [5.74, 6) is 1.30. The number of fused-ring (bicyclic) bond motifs is 1. The summed E-state index contributed by atoms with van der Waals surface area (Å²) in [6.07, 6.45) is 4.53. The number of hydrogen-bond acceptors (Lipinski definition) is 4. The molecule has 0 radical (unpaired) electrons. The van der Waals surface area contributed by atoms with Gasteiger partial charge in [-0.1, -0.05) is 6.42 Å². The van der Waals surface area contributed by atoms with Crippen LogP contribution >= 0.6 is 0 Å². The molecule has 0 atom stereocenters. The highest BCUT2D eigenvalue weighted by atomic mass is 19.1. The van der Waals surface area contributed by atoms with E-state index in [1.54, 1.807) is 6.07 Å². The lowest BCUT2D eigenvalue weighted by Crippen LogP contribution is -2.49. The molecule has 7 heteroatoms. The average Bonchev–Trinajstić information content (AvgIpc) is 2.72. The first-order valence-electron chi connectivity index (χ1n) is 10.8. The smallest absolute Gasteiger partial charge is 0.191 e. The maximum Gasteiger partial charge on any atom is 0.191 e. The van der Waals surface area contributed by atoms with Crippen molar-refractivity contribution in [3.63, 3.8) is 0 Å². The molecule has 0 amide bonds. The Labute approximate surface area is 173 Å². The highest BCUT2D eigenvalue weighted by Gasteiger charge is 2.27. The summed E-state index contributed by atoms with van der Waals surface area (Å²) in [7, 11) is 0. The molecule has 3 rings (SSSR count). The average molecular weight is 407 g/mol. The third-order valence-electron chi connectivity index (χ3n) is 5.62. The van der Waals surface area contributed by atoms with Crippen LogP contribution in [0, 0.1) is 5.82 Å². The van der Waals surface area contributed by atoms with Crippen LogP contribution in [-0.2, 0) is 17.8 Å². The topological polar surface area (TPSA) is 58.1 Å². The van der Waals surface area contributed by atoms with E-state index in [1.165, 1.54) is 25.3 Å². The predicted molar refractivity (Wildman–Crippen MR) is 114 cm³/mol. The third kappa shape index (κ3) is 6.06. The van der Waals surface area contributed by atoms with Crippen molar-refractivity contribution in [2.24, 2.45) is 4.99 Å². The number of benzene rings is 1. The Hall–Kier alpha value is -1.86. The number of halogens is 1. The summed E-state index contributed by atoms with van der Waals surface area (Å²) < 4.78 is 24.8. The van der Waals surface area contributed by atoms with Gasteiger partial charge in [0, 0.05) is 24.2 Å². The molecule has 0 aliphatic carbocycles. The molecule has 162 valence electrons. The molecular formula is C22H35FN4O2. The highest BCUT2D eigenvalue weighted by Crippen LogP contribution is 2.29. The SMILES string of the molecule is CCNC(=NCC(C)(C)N1CCCCC1)NCCc1cc(F)cc2c1OCOC2. The number of nitrogens with one attached hydrogen (secondary N) is 2. The molecular weight excluding hydrogens is 371 g/mol. The molecule has 2 N–H and O–H groups in total. The molecule has 0 bridgehead atoms. The first-order chi connectivity index (χ1) is 14.0. The minimum absolute atomic E-state index is 0.0399. The zero-order valence-corrected chi connectivity index (χ0v) is 18.0. The molecule has 0 saturated carbocycles. The predicted octanol–water partition coefficient (Wildman–Crippen LogP) is 3.05. The van der Waals surface area contributed by atoms with Crippen molar-refractivity contribution in [2.45, 2.75) is 58.6 Å². The maximum atomic E-state index is 13.9. The van der Waals surface area contributed by atoms with Gasteiger partial charge in [-0.15, -0.1) is 0 Å². The molecule has 0 unspecified atom stereocenters. The van der Waals surface area contributed by atoms with Gasteiger partial charge in [0.05, 0.1) is 13.2 Å². The monoisotopic (exact) mass is 406 g/mol. The van der Waals surface area contributed by atoms with Gasteiger partial charge in [-0.05, 0) is 70.8 Å². The van der Waals surface area contributed by atoms with Crippen LogP contribution in [0.1, 0.15) is 51.2 Å². The largest absolute Gasteiger partial charge is 0.467 e. The fraction of sp³-hybridized carbons (Fsp3) is 0.682. The number of aliphatic imine (C=N–C) groups is 1. The Kier molecular flexibility index (Phi) is 7.72. The van der Waals surface area contributed by atoms with E-state index in [0.29, 0.717) is 19.6 Å². The molecule has 2 aliphatic rings. The lowest BCUT2D eigenvalue weighted by Gasteiger charge is -2.40. The summed E-state index contributed by atoms with van der Waals surface area (Å²) >= 11 is 0. The van der Waals surface area contributed by atoms with Gasteiger partial charge in [0.2, 0.25) is 0 Å². The first-order valence-corrected chi connectivity index (χ1v) is 10.8. The van der Waals surface area contributed by atoms with E-state index in [-0.39, 0.29) is 18.1 Å². The summed E-state index contributed by atoms with van der Waals surface area (Å²) in [6.45, 7) is 11.7. The van der Waals surface area contributed by atoms with E-state index in [2.05, 4.69) is 36.3 Å². The second-order valence-corrected chi connectivity index (χ2v) is 8.40. The van der Waals surface area contributed by atoms with Crippen LogP contribution in [0.2, 0.25) is 0 Å². The first kappa shape index (κ1) is 21.8. The van der Waals surface area contributed by atoms with Crippen molar-refractivity contribution in [2.75, 3.05) is 39.5 Å². The van der Waals surface area contributed by atoms with E-state index in [9.17, 15) is 4.39 Å². The fourth-order valence-electron chi connectivity index (χ4n) is 3.97. The molecule has 0 spiro atoms. The zero-order chi connectivity index (χ0) is 20.7. The van der Waals surface area contributed by atoms with Crippen LogP contribution in [0.5, 0.6) is 5.75 Å². The molecule has 1 aromatic carbocycles. The van der Waals surface area contributed by atoms with Crippen LogP contribution in [-0.4, -0.2) is 55.9 Å². The molecule has 6 nitrogen and oxygen atoms in total. The quantitative estimate of drug-likeness (QED) is 0.538. The van der Waals surface area contributed by atoms with Crippen molar-refractivity contribution in [3.05, 3.63) is 29.1 Å². The van der Waals surface area contributed by atoms with Gasteiger partial charge in [-0.3, -0.25) is 9.89 Å². The Bertz CT molecular complexity index is 702. The standard InChI is InChI=1S/C22H35FN4O2/c1-4-24-21(26-15-22(2,3)27-10-6-5-7-11-27)25-9-8-17-12-19(23)13-18-14-28-16-29-20(17)18/h12-13H,4-11,14-16H2,1-3H3,(H2,24,25,26). The molecule has 0 aromatic heterocycles. The lowest BCUT2D eigenvalue weighted by molar-refractivity contribution is -0.0172. The minimum atomic E-state index is -0.253. The number of nitrogens with zero attached hydrogens (tertiary/aromatic N) is 2. The van der Waals surface area contributed by atoms with Crippen molar-refractivity contribution < 1.29 is 13.9 Å². The third-order valence-corrected chi connectivity index (χ3v) is 5.62. The second-order valence-electron chi connectivity index (χ2n) is 8.40. The molecule has 2 aliphatic heterocycles. The summed E-state index contributed by atoms with van der Waals surface area (Å²) in [5.41, 5.74) is 1.67. The summed E-state index contributed by atoms with van der Waals surface area (Å²) in [5, 5.41) is 6.70. The van der Waals surface area contributed by atoms with E-state index >= 15 is 0 Å². The van der Waals surface area contributed by atoms with Crippen LogP contribution < -0.4 is 15.4 Å². The number of piperidine rings is 1. The van der Waals surface area contributed by atoms with Crippen molar-refractivity contribution >= 4 is 5.96 Å². The van der Waals surface area contributed by atoms with E-state index in [0.717, 1.165) is 49.0 Å². The van der Waals surface area contributed by atoms with Crippen LogP contribution in [0.4, 0.5) is 4.39 Å². The Morgan fingerprint density at radius 1 is 1.21 bits per heavy atom. The van der Waals surface area contributed by atoms with Gasteiger partial charge in [-0.25, -0.2) is 4.39 Å². The van der Waals surface area contributed by atoms with Gasteiger partial charge in [0.25, 0.3) is 0 Å². The minimum Gasteiger partial charge on any atom is -0.467 e. The molecule has 29 heavy (non-hydrogen) atoms. The lowest BCUT2D eigenvalue weighted by atomic mass is 9.99. The summed E-state index contributed by atoms with van der Waals surface area (Å²) in [6, 6.07) is 3.04. The zero-order valence-electron chi connectivity index (χ0n) is 18.0. The molecule has 1 aromatic rings. The number of guanidine groups is 1. The number of hydrogen-bond donors (Lipinski definition) is 2. The highest BCUT2D eigenvalue weighted by molar-refractivity contribution is 5.79. The van der Waals surface area contributed by atoms with E-state index in [1.807, 2.05) is 0 Å². The van der Waals surface area contributed by atoms with Crippen molar-refractivity contribution in [3.8, 4) is 5.75 Å². The normalized spacial score (nSPS) is 18.1. The van der Waals surface area contributed by atoms with Crippen LogP contribution in [0.25, 0.3) is 0 Å². The van der Waals surface area contributed by atoms with Gasteiger partial charge >= 0.3 is 0 Å². The van der Waals surface area contributed by atoms with E-state index in [4.69, 9.17) is 14.5 Å². The van der Waals surface area contributed by atoms with Gasteiger partial charge in [0.1, 0.15) is 11.6 Å². The molecule has 1 fully saturated rings. The van der Waals surface area contributed by atoms with Crippen LogP contribution in [0.15, 0.2) is 17.1 Å². The number of ether oxygens (including phenoxy) is 2. The van der Waals surface area contributed by atoms with Crippen molar-refractivity contribution in [1.82, 2.24) is 15.5 Å². The van der Waals surface area contributed by atoms with E-state index < -0.39 is 0 Å².